The molecule has 6 heteroatoms. The molecule has 3 aromatic rings. The predicted octanol–water partition coefficient (Wildman–Crippen LogP) is 3.70. The van der Waals surface area contributed by atoms with Crippen LogP contribution in [-0.2, 0) is 7.05 Å². The summed E-state index contributed by atoms with van der Waals surface area (Å²) in [5, 5.41) is 13.5. The highest BCUT2D eigenvalue weighted by Crippen LogP contribution is 2.54. The zero-order chi connectivity index (χ0) is 15.3. The minimum absolute atomic E-state index is 0.305. The quantitative estimate of drug-likeness (QED) is 0.739. The second-order valence-electron chi connectivity index (χ2n) is 5.75. The van der Waals surface area contributed by atoms with E-state index >= 15 is 0 Å². The van der Waals surface area contributed by atoms with E-state index in [1.54, 1.807) is 4.68 Å². The fraction of sp³-hybridized carbons (Fsp3) is 0.312. The van der Waals surface area contributed by atoms with Gasteiger partial charge in [0.05, 0.1) is 11.3 Å². The van der Waals surface area contributed by atoms with Crippen LogP contribution in [0.2, 0.25) is 5.02 Å². The number of rotatable bonds is 3. The smallest absolute Gasteiger partial charge is 0.251 e. The van der Waals surface area contributed by atoms with Gasteiger partial charge < -0.3 is 4.42 Å². The first-order chi connectivity index (χ1) is 10.6. The number of halogens is 1. The average Bonchev–Trinajstić information content (AvgIpc) is 3.00. The Bertz CT molecular complexity index is 821. The zero-order valence-electron chi connectivity index (χ0n) is 12.3. The van der Waals surface area contributed by atoms with Crippen molar-refractivity contribution in [2.24, 2.45) is 7.05 Å². The van der Waals surface area contributed by atoms with Crippen molar-refractivity contribution in [2.45, 2.75) is 25.2 Å². The summed E-state index contributed by atoms with van der Waals surface area (Å²) in [6, 6.07) is 7.97. The van der Waals surface area contributed by atoms with Gasteiger partial charge >= 0.3 is 0 Å². The third-order valence-corrected chi connectivity index (χ3v) is 4.34. The van der Waals surface area contributed by atoms with Crippen LogP contribution in [0.4, 0.5) is 0 Å². The molecule has 1 fully saturated rings. The van der Waals surface area contributed by atoms with Crippen LogP contribution in [0.15, 0.2) is 34.9 Å². The van der Waals surface area contributed by atoms with E-state index in [2.05, 4.69) is 27.4 Å². The van der Waals surface area contributed by atoms with Crippen molar-refractivity contribution >= 4 is 11.6 Å². The van der Waals surface area contributed by atoms with Crippen LogP contribution in [0, 0.1) is 6.92 Å². The van der Waals surface area contributed by atoms with Gasteiger partial charge in [-0.25, -0.2) is 0 Å². The summed E-state index contributed by atoms with van der Waals surface area (Å²) in [6.07, 6.45) is 2.94. The van der Waals surface area contributed by atoms with E-state index in [-0.39, 0.29) is 0 Å². The lowest BCUT2D eigenvalue weighted by atomic mass is 10.1. The largest absolute Gasteiger partial charge is 0.420 e. The maximum absolute atomic E-state index is 5.93. The lowest BCUT2D eigenvalue weighted by molar-refractivity contribution is 0.505. The summed E-state index contributed by atoms with van der Waals surface area (Å²) in [5.41, 5.74) is 3.05. The lowest BCUT2D eigenvalue weighted by Gasteiger charge is -1.98. The monoisotopic (exact) mass is 314 g/mol. The summed E-state index contributed by atoms with van der Waals surface area (Å²) in [6.45, 7) is 1.94. The minimum atomic E-state index is 0.305. The normalized spacial score (nSPS) is 20.3. The maximum atomic E-state index is 5.93. The minimum Gasteiger partial charge on any atom is -0.420 e. The molecule has 1 aliphatic carbocycles. The highest BCUT2D eigenvalue weighted by atomic mass is 35.5. The Morgan fingerprint density at radius 1 is 1.18 bits per heavy atom. The van der Waals surface area contributed by atoms with Crippen LogP contribution in [0.1, 0.15) is 35.4 Å². The topological polar surface area (TPSA) is 56.7 Å². The van der Waals surface area contributed by atoms with Crippen LogP contribution in [0.3, 0.4) is 0 Å². The SMILES string of the molecule is Cc1nn(C)cc1-c1nnc(C2CC2c2ccc(Cl)cc2)o1. The third-order valence-electron chi connectivity index (χ3n) is 4.09. The molecule has 2 unspecified atom stereocenters. The van der Waals surface area contributed by atoms with E-state index in [0.29, 0.717) is 23.6 Å². The van der Waals surface area contributed by atoms with Gasteiger partial charge in [0.15, 0.2) is 0 Å². The Morgan fingerprint density at radius 2 is 1.95 bits per heavy atom. The molecule has 4 rings (SSSR count). The van der Waals surface area contributed by atoms with Crippen molar-refractivity contribution in [1.29, 1.82) is 0 Å². The van der Waals surface area contributed by atoms with Crippen LogP contribution in [-0.4, -0.2) is 20.0 Å². The molecule has 1 aliphatic rings. The summed E-state index contributed by atoms with van der Waals surface area (Å²) in [4.78, 5) is 0. The highest BCUT2D eigenvalue weighted by molar-refractivity contribution is 6.30. The Kier molecular flexibility index (Phi) is 3.04. The summed E-state index contributed by atoms with van der Waals surface area (Å²) >= 11 is 5.93. The van der Waals surface area contributed by atoms with Crippen molar-refractivity contribution in [1.82, 2.24) is 20.0 Å². The molecule has 112 valence electrons. The van der Waals surface area contributed by atoms with Gasteiger partial charge in [-0.15, -0.1) is 10.2 Å². The van der Waals surface area contributed by atoms with E-state index in [1.165, 1.54) is 5.56 Å². The molecule has 1 aromatic carbocycles. The summed E-state index contributed by atoms with van der Waals surface area (Å²) in [7, 11) is 1.88. The number of nitrogens with zero attached hydrogens (tertiary/aromatic N) is 4. The van der Waals surface area contributed by atoms with E-state index in [9.17, 15) is 0 Å². The highest BCUT2D eigenvalue weighted by Gasteiger charge is 2.43. The molecule has 22 heavy (non-hydrogen) atoms. The first kappa shape index (κ1) is 13.5. The standard InChI is InChI=1S/C16H15ClN4O/c1-9-14(8-21(2)20-9)16-19-18-15(22-16)13-7-12(13)10-3-5-11(17)6-4-10/h3-6,8,12-13H,7H2,1-2H3. The average molecular weight is 315 g/mol. The van der Waals surface area contributed by atoms with Crippen LogP contribution in [0.5, 0.6) is 0 Å². The van der Waals surface area contributed by atoms with Crippen molar-refractivity contribution < 1.29 is 4.42 Å². The fourth-order valence-corrected chi connectivity index (χ4v) is 2.98. The molecular weight excluding hydrogens is 300 g/mol. The van der Waals surface area contributed by atoms with Crippen LogP contribution in [0.25, 0.3) is 11.5 Å². The van der Waals surface area contributed by atoms with Gasteiger partial charge in [0, 0.05) is 24.2 Å². The number of aromatic nitrogens is 4. The Labute approximate surface area is 132 Å². The number of aryl methyl sites for hydroxylation is 2. The molecule has 1 saturated carbocycles. The third kappa shape index (κ3) is 2.31. The summed E-state index contributed by atoms with van der Waals surface area (Å²) < 4.78 is 7.61. The zero-order valence-corrected chi connectivity index (χ0v) is 13.1. The molecule has 0 amide bonds. The Balaban J connectivity index is 1.56. The van der Waals surface area contributed by atoms with E-state index in [0.717, 1.165) is 22.7 Å². The second kappa shape index (κ2) is 4.95. The molecule has 0 spiro atoms. The Morgan fingerprint density at radius 3 is 2.64 bits per heavy atom. The van der Waals surface area contributed by atoms with Crippen molar-refractivity contribution in [3.05, 3.63) is 52.6 Å². The number of hydrogen-bond donors (Lipinski definition) is 0. The van der Waals surface area contributed by atoms with Gasteiger partial charge in [-0.2, -0.15) is 5.10 Å². The maximum Gasteiger partial charge on any atom is 0.251 e. The fourth-order valence-electron chi connectivity index (χ4n) is 2.85. The van der Waals surface area contributed by atoms with Gasteiger partial charge in [-0.05, 0) is 37.0 Å². The predicted molar refractivity (Wildman–Crippen MR) is 82.8 cm³/mol. The molecule has 0 bridgehead atoms. The molecule has 2 aromatic heterocycles. The van der Waals surface area contributed by atoms with E-state index < -0.39 is 0 Å². The van der Waals surface area contributed by atoms with Crippen LogP contribution >= 0.6 is 11.6 Å². The number of hydrogen-bond acceptors (Lipinski definition) is 4. The van der Waals surface area contributed by atoms with E-state index in [1.807, 2.05) is 32.3 Å². The van der Waals surface area contributed by atoms with Gasteiger partial charge in [-0.3, -0.25) is 4.68 Å². The molecule has 0 N–H and O–H groups in total. The summed E-state index contributed by atoms with van der Waals surface area (Å²) in [5.74, 6) is 2.00. The van der Waals surface area contributed by atoms with Gasteiger partial charge in [0.25, 0.3) is 5.89 Å². The number of benzene rings is 1. The Hall–Kier alpha value is -2.14. The molecular formula is C16H15ClN4O. The molecule has 2 heterocycles. The van der Waals surface area contributed by atoms with Crippen molar-refractivity contribution in [3.63, 3.8) is 0 Å². The van der Waals surface area contributed by atoms with Crippen molar-refractivity contribution in [2.75, 3.05) is 0 Å². The first-order valence-corrected chi connectivity index (χ1v) is 7.59. The first-order valence-electron chi connectivity index (χ1n) is 7.21. The lowest BCUT2D eigenvalue weighted by Crippen LogP contribution is -1.86. The molecule has 2 atom stereocenters. The van der Waals surface area contributed by atoms with Gasteiger partial charge in [0.1, 0.15) is 0 Å². The molecule has 0 aliphatic heterocycles. The van der Waals surface area contributed by atoms with E-state index in [4.69, 9.17) is 16.0 Å². The van der Waals surface area contributed by atoms with Crippen molar-refractivity contribution in [3.8, 4) is 11.5 Å². The van der Waals surface area contributed by atoms with Gasteiger partial charge in [0.2, 0.25) is 5.89 Å². The molecule has 0 radical (unpaired) electrons. The molecule has 0 saturated heterocycles. The molecule has 5 nitrogen and oxygen atoms in total. The van der Waals surface area contributed by atoms with Gasteiger partial charge in [-0.1, -0.05) is 23.7 Å². The van der Waals surface area contributed by atoms with Crippen LogP contribution < -0.4 is 0 Å². The second-order valence-corrected chi connectivity index (χ2v) is 6.18.